The molecular weight excluding hydrogens is 535 g/mol. The number of amides is 1. The molecule has 1 amide bonds. The van der Waals surface area contributed by atoms with Crippen LogP contribution in [0.4, 0.5) is 18.9 Å². The molecular formula is C30H28F3N5OS. The van der Waals surface area contributed by atoms with Gasteiger partial charge < -0.3 is 20.1 Å². The van der Waals surface area contributed by atoms with Gasteiger partial charge in [0.1, 0.15) is 0 Å². The highest BCUT2D eigenvalue weighted by Crippen LogP contribution is 2.42. The summed E-state index contributed by atoms with van der Waals surface area (Å²) in [5.74, 6) is -0.150. The number of para-hydroxylation sites is 1. The Labute approximate surface area is 235 Å². The number of pyridine rings is 1. The third-order valence-electron chi connectivity index (χ3n) is 7.06. The Morgan fingerprint density at radius 3 is 2.48 bits per heavy atom. The van der Waals surface area contributed by atoms with Gasteiger partial charge >= 0.3 is 6.18 Å². The van der Waals surface area contributed by atoms with E-state index in [-0.39, 0.29) is 24.4 Å². The molecule has 206 valence electrons. The number of nitrogens with one attached hydrogen (secondary N) is 2. The highest BCUT2D eigenvalue weighted by molar-refractivity contribution is 7.80. The standard InChI is InChI=1S/C30H28F3N5OS/c1-19-17-24(20(2)38(19)23-12-8-9-21(18-23)30(31,32)33)28-27(25-13-6-7-15-34-25)36-29(40)37(28)16-14-26(39)35-22-10-4-3-5-11-22/h3-13,15,17-18,27-28H,14,16H2,1-2H3,(H,35,39)(H,36,40). The second-order valence-corrected chi connectivity index (χ2v) is 10.1. The maximum absolute atomic E-state index is 13.5. The van der Waals surface area contributed by atoms with E-state index in [0.29, 0.717) is 23.0 Å². The van der Waals surface area contributed by atoms with Crippen molar-refractivity contribution < 1.29 is 18.0 Å². The Kier molecular flexibility index (Phi) is 7.62. The first-order valence-electron chi connectivity index (χ1n) is 12.8. The summed E-state index contributed by atoms with van der Waals surface area (Å²) in [6, 6.07) is 21.5. The van der Waals surface area contributed by atoms with Gasteiger partial charge in [-0.2, -0.15) is 13.2 Å². The summed E-state index contributed by atoms with van der Waals surface area (Å²) in [5.41, 5.74) is 3.66. The molecule has 0 saturated carbocycles. The lowest BCUT2D eigenvalue weighted by molar-refractivity contribution is -0.137. The summed E-state index contributed by atoms with van der Waals surface area (Å²) in [7, 11) is 0. The molecule has 2 N–H and O–H groups in total. The Hall–Kier alpha value is -4.18. The average molecular weight is 564 g/mol. The van der Waals surface area contributed by atoms with Crippen LogP contribution < -0.4 is 10.6 Å². The van der Waals surface area contributed by atoms with Gasteiger partial charge in [0.2, 0.25) is 5.91 Å². The largest absolute Gasteiger partial charge is 0.416 e. The lowest BCUT2D eigenvalue weighted by Gasteiger charge is -2.28. The van der Waals surface area contributed by atoms with Crippen molar-refractivity contribution in [2.75, 3.05) is 11.9 Å². The van der Waals surface area contributed by atoms with Crippen molar-refractivity contribution in [1.82, 2.24) is 19.8 Å². The van der Waals surface area contributed by atoms with Crippen LogP contribution in [-0.2, 0) is 11.0 Å². The highest BCUT2D eigenvalue weighted by Gasteiger charge is 2.41. The second-order valence-electron chi connectivity index (χ2n) is 9.69. The molecule has 2 aromatic carbocycles. The van der Waals surface area contributed by atoms with Gasteiger partial charge in [0.15, 0.2) is 5.11 Å². The summed E-state index contributed by atoms with van der Waals surface area (Å²) >= 11 is 5.73. The minimum absolute atomic E-state index is 0.150. The maximum atomic E-state index is 13.5. The third kappa shape index (κ3) is 5.58. The van der Waals surface area contributed by atoms with E-state index in [1.54, 1.807) is 12.3 Å². The van der Waals surface area contributed by atoms with Crippen LogP contribution in [0.2, 0.25) is 0 Å². The van der Waals surface area contributed by atoms with Crippen molar-refractivity contribution >= 4 is 28.9 Å². The third-order valence-corrected chi connectivity index (χ3v) is 7.41. The van der Waals surface area contributed by atoms with E-state index in [2.05, 4.69) is 15.6 Å². The molecule has 0 bridgehead atoms. The SMILES string of the molecule is Cc1cc(C2C(c3ccccn3)NC(=S)N2CCC(=O)Nc2ccccc2)c(C)n1-c1cccc(C(F)(F)F)c1. The number of halogens is 3. The van der Waals surface area contributed by atoms with Crippen molar-refractivity contribution in [2.24, 2.45) is 0 Å². The number of carbonyl (C=O) groups excluding carboxylic acids is 1. The minimum Gasteiger partial charge on any atom is -0.352 e. The molecule has 6 nitrogen and oxygen atoms in total. The maximum Gasteiger partial charge on any atom is 0.416 e. The number of hydrogen-bond donors (Lipinski definition) is 2. The highest BCUT2D eigenvalue weighted by atomic mass is 32.1. The van der Waals surface area contributed by atoms with Crippen LogP contribution in [0.5, 0.6) is 0 Å². The first-order valence-corrected chi connectivity index (χ1v) is 13.2. The number of thiocarbonyl (C=S) groups is 1. The quantitative estimate of drug-likeness (QED) is 0.251. The predicted molar refractivity (Wildman–Crippen MR) is 152 cm³/mol. The normalized spacial score (nSPS) is 17.1. The van der Waals surface area contributed by atoms with E-state index in [1.807, 2.05) is 77.9 Å². The number of aryl methyl sites for hydroxylation is 1. The molecule has 40 heavy (non-hydrogen) atoms. The molecule has 2 aromatic heterocycles. The minimum atomic E-state index is -4.45. The van der Waals surface area contributed by atoms with E-state index < -0.39 is 11.7 Å². The molecule has 5 rings (SSSR count). The van der Waals surface area contributed by atoms with E-state index >= 15 is 0 Å². The van der Waals surface area contributed by atoms with Crippen LogP contribution in [0.25, 0.3) is 5.69 Å². The van der Waals surface area contributed by atoms with Crippen molar-refractivity contribution in [2.45, 2.75) is 38.5 Å². The fourth-order valence-corrected chi connectivity index (χ4v) is 5.59. The van der Waals surface area contributed by atoms with Crippen molar-refractivity contribution in [1.29, 1.82) is 0 Å². The lowest BCUT2D eigenvalue weighted by atomic mass is 9.96. The van der Waals surface area contributed by atoms with E-state index in [0.717, 1.165) is 34.8 Å². The summed E-state index contributed by atoms with van der Waals surface area (Å²) in [5, 5.41) is 6.76. The van der Waals surface area contributed by atoms with Crippen LogP contribution in [-0.4, -0.2) is 32.0 Å². The Bertz CT molecular complexity index is 1520. The van der Waals surface area contributed by atoms with E-state index in [9.17, 15) is 18.0 Å². The fourth-order valence-electron chi connectivity index (χ4n) is 5.26. The van der Waals surface area contributed by atoms with Gasteiger partial charge in [-0.25, -0.2) is 0 Å². The number of benzene rings is 2. The van der Waals surface area contributed by atoms with Crippen LogP contribution in [0.15, 0.2) is 85.1 Å². The fraction of sp³-hybridized carbons (Fsp3) is 0.233. The van der Waals surface area contributed by atoms with Crippen LogP contribution in [0, 0.1) is 13.8 Å². The van der Waals surface area contributed by atoms with Crippen molar-refractivity contribution in [3.8, 4) is 5.69 Å². The number of carbonyl (C=O) groups is 1. The Balaban J connectivity index is 1.50. The molecule has 2 unspecified atom stereocenters. The molecule has 0 aliphatic carbocycles. The number of rotatable bonds is 7. The van der Waals surface area contributed by atoms with Gasteiger partial charge in [0.05, 0.1) is 23.3 Å². The van der Waals surface area contributed by atoms with Gasteiger partial charge in [-0.3, -0.25) is 9.78 Å². The molecule has 2 atom stereocenters. The molecule has 0 spiro atoms. The van der Waals surface area contributed by atoms with Crippen LogP contribution in [0.3, 0.4) is 0 Å². The number of anilines is 1. The second kappa shape index (κ2) is 11.1. The van der Waals surface area contributed by atoms with Crippen LogP contribution >= 0.6 is 12.2 Å². The lowest BCUT2D eigenvalue weighted by Crippen LogP contribution is -2.32. The number of nitrogens with zero attached hydrogens (tertiary/aromatic N) is 3. The summed E-state index contributed by atoms with van der Waals surface area (Å²) < 4.78 is 42.3. The molecule has 4 aromatic rings. The van der Waals surface area contributed by atoms with Gasteiger partial charge in [0, 0.05) is 41.9 Å². The summed E-state index contributed by atoms with van der Waals surface area (Å²) in [6.07, 6.45) is -2.55. The smallest absolute Gasteiger partial charge is 0.352 e. The zero-order valence-corrected chi connectivity index (χ0v) is 22.8. The molecule has 10 heteroatoms. The number of hydrogen-bond acceptors (Lipinski definition) is 3. The number of aromatic nitrogens is 2. The Morgan fingerprint density at radius 1 is 1.02 bits per heavy atom. The van der Waals surface area contributed by atoms with Gasteiger partial charge in [-0.1, -0.05) is 30.3 Å². The van der Waals surface area contributed by atoms with Crippen molar-refractivity contribution in [3.63, 3.8) is 0 Å². The monoisotopic (exact) mass is 563 g/mol. The predicted octanol–water partition coefficient (Wildman–Crippen LogP) is 6.51. The molecule has 1 aliphatic rings. The number of alkyl halides is 3. The topological polar surface area (TPSA) is 62.2 Å². The van der Waals surface area contributed by atoms with Crippen molar-refractivity contribution in [3.05, 3.63) is 113 Å². The molecule has 1 fully saturated rings. The molecule has 1 aliphatic heterocycles. The Morgan fingerprint density at radius 2 is 1.77 bits per heavy atom. The molecule has 1 saturated heterocycles. The zero-order valence-electron chi connectivity index (χ0n) is 21.9. The van der Waals surface area contributed by atoms with Gasteiger partial charge in [-0.15, -0.1) is 0 Å². The van der Waals surface area contributed by atoms with E-state index in [1.165, 1.54) is 6.07 Å². The average Bonchev–Trinajstić information content (AvgIpc) is 3.42. The van der Waals surface area contributed by atoms with Gasteiger partial charge in [0.25, 0.3) is 0 Å². The summed E-state index contributed by atoms with van der Waals surface area (Å²) in [6.45, 7) is 4.09. The first-order chi connectivity index (χ1) is 19.1. The van der Waals surface area contributed by atoms with E-state index in [4.69, 9.17) is 12.2 Å². The van der Waals surface area contributed by atoms with Crippen LogP contribution in [0.1, 0.15) is 46.7 Å². The molecule has 3 heterocycles. The molecule has 0 radical (unpaired) electrons. The van der Waals surface area contributed by atoms with Gasteiger partial charge in [-0.05, 0) is 80.2 Å². The first kappa shape index (κ1) is 27.4. The summed E-state index contributed by atoms with van der Waals surface area (Å²) in [4.78, 5) is 19.3. The zero-order chi connectivity index (χ0) is 28.4.